The van der Waals surface area contributed by atoms with Gasteiger partial charge in [-0.2, -0.15) is 0 Å². The van der Waals surface area contributed by atoms with Crippen LogP contribution in [0.3, 0.4) is 0 Å². The Morgan fingerprint density at radius 3 is 2.65 bits per heavy atom. The summed E-state index contributed by atoms with van der Waals surface area (Å²) in [6.45, 7) is 1.54. The Balaban J connectivity index is 2.08. The maximum Gasteiger partial charge on any atom is 0.220 e. The zero-order valence-corrected chi connectivity index (χ0v) is 11.0. The molecule has 0 aliphatic carbocycles. The maximum atomic E-state index is 11.1. The molecule has 1 aromatic heterocycles. The summed E-state index contributed by atoms with van der Waals surface area (Å²) in [6.07, 6.45) is 3.27. The second-order valence-corrected chi connectivity index (χ2v) is 5.15. The fourth-order valence-electron chi connectivity index (χ4n) is 2.09. The fourth-order valence-corrected chi connectivity index (χ4v) is 2.44. The number of carbonyl (C=O) groups excluding carboxylic acids is 1. The lowest BCUT2D eigenvalue weighted by Crippen LogP contribution is -2.39. The molecule has 0 spiro atoms. The standard InChI is InChI=1S/C11H15BrN4O/c12-8-5-9(13)11(15-6-8)16-3-1-7(2-4-16)10(14)17/h5-7H,1-4,13H2,(H2,14,17). The molecular formula is C11H15BrN4O. The molecule has 0 atom stereocenters. The normalized spacial score (nSPS) is 17.1. The second kappa shape index (κ2) is 4.91. The molecule has 1 aromatic rings. The highest BCUT2D eigenvalue weighted by atomic mass is 79.9. The van der Waals surface area contributed by atoms with Gasteiger partial charge in [0.1, 0.15) is 0 Å². The Morgan fingerprint density at radius 2 is 2.12 bits per heavy atom. The van der Waals surface area contributed by atoms with Gasteiger partial charge in [-0.15, -0.1) is 0 Å². The van der Waals surface area contributed by atoms with Gasteiger partial charge in [0.15, 0.2) is 5.82 Å². The molecule has 92 valence electrons. The van der Waals surface area contributed by atoms with Gasteiger partial charge in [0, 0.05) is 29.7 Å². The number of primary amides is 1. The number of amides is 1. The van der Waals surface area contributed by atoms with E-state index < -0.39 is 0 Å². The lowest BCUT2D eigenvalue weighted by atomic mass is 9.96. The highest BCUT2D eigenvalue weighted by Gasteiger charge is 2.24. The number of aromatic nitrogens is 1. The summed E-state index contributed by atoms with van der Waals surface area (Å²) in [5.41, 5.74) is 11.9. The van der Waals surface area contributed by atoms with Crippen molar-refractivity contribution < 1.29 is 4.79 Å². The van der Waals surface area contributed by atoms with Crippen molar-refractivity contribution in [3.8, 4) is 0 Å². The van der Waals surface area contributed by atoms with Gasteiger partial charge in [0.2, 0.25) is 5.91 Å². The molecule has 5 nitrogen and oxygen atoms in total. The van der Waals surface area contributed by atoms with Crippen molar-refractivity contribution in [2.24, 2.45) is 11.7 Å². The quantitative estimate of drug-likeness (QED) is 0.857. The number of carbonyl (C=O) groups is 1. The fraction of sp³-hybridized carbons (Fsp3) is 0.455. The summed E-state index contributed by atoms with van der Waals surface area (Å²) in [4.78, 5) is 17.5. The van der Waals surface area contributed by atoms with E-state index in [-0.39, 0.29) is 11.8 Å². The lowest BCUT2D eigenvalue weighted by molar-refractivity contribution is -0.122. The molecule has 4 N–H and O–H groups in total. The van der Waals surface area contributed by atoms with Gasteiger partial charge in [-0.05, 0) is 34.8 Å². The number of rotatable bonds is 2. The molecular weight excluding hydrogens is 284 g/mol. The van der Waals surface area contributed by atoms with Gasteiger partial charge < -0.3 is 16.4 Å². The molecule has 2 heterocycles. The Hall–Kier alpha value is -1.30. The van der Waals surface area contributed by atoms with E-state index in [2.05, 4.69) is 25.8 Å². The summed E-state index contributed by atoms with van der Waals surface area (Å²) in [6, 6.07) is 1.84. The Labute approximate surface area is 108 Å². The zero-order chi connectivity index (χ0) is 12.4. The zero-order valence-electron chi connectivity index (χ0n) is 9.40. The van der Waals surface area contributed by atoms with Crippen molar-refractivity contribution in [3.05, 3.63) is 16.7 Å². The minimum atomic E-state index is -0.207. The first kappa shape index (κ1) is 12.2. The number of nitrogens with zero attached hydrogens (tertiary/aromatic N) is 2. The van der Waals surface area contributed by atoms with E-state index in [1.165, 1.54) is 0 Å². The van der Waals surface area contributed by atoms with E-state index in [0.29, 0.717) is 5.69 Å². The van der Waals surface area contributed by atoms with E-state index in [1.807, 2.05) is 6.07 Å². The number of halogens is 1. The Bertz CT molecular complexity index is 429. The van der Waals surface area contributed by atoms with E-state index in [9.17, 15) is 4.79 Å². The molecule has 17 heavy (non-hydrogen) atoms. The molecule has 0 bridgehead atoms. The molecule has 0 unspecified atom stereocenters. The number of nitrogens with two attached hydrogens (primary N) is 2. The second-order valence-electron chi connectivity index (χ2n) is 4.23. The average molecular weight is 299 g/mol. The minimum Gasteiger partial charge on any atom is -0.396 e. The van der Waals surface area contributed by atoms with Gasteiger partial charge in [0.25, 0.3) is 0 Å². The van der Waals surface area contributed by atoms with Crippen LogP contribution < -0.4 is 16.4 Å². The largest absolute Gasteiger partial charge is 0.396 e. The third kappa shape index (κ3) is 2.69. The van der Waals surface area contributed by atoms with Crippen molar-refractivity contribution in [3.63, 3.8) is 0 Å². The highest BCUT2D eigenvalue weighted by molar-refractivity contribution is 9.10. The molecule has 0 aromatic carbocycles. The van der Waals surface area contributed by atoms with Crippen LogP contribution in [0, 0.1) is 5.92 Å². The van der Waals surface area contributed by atoms with E-state index in [0.717, 1.165) is 36.2 Å². The van der Waals surface area contributed by atoms with Crippen LogP contribution in [0.5, 0.6) is 0 Å². The van der Waals surface area contributed by atoms with Crippen LogP contribution >= 0.6 is 15.9 Å². The summed E-state index contributed by atoms with van der Waals surface area (Å²) in [7, 11) is 0. The van der Waals surface area contributed by atoms with Crippen LogP contribution in [0.15, 0.2) is 16.7 Å². The first-order valence-electron chi connectivity index (χ1n) is 5.53. The summed E-state index contributed by atoms with van der Waals surface area (Å²) in [5, 5.41) is 0. The smallest absolute Gasteiger partial charge is 0.220 e. The van der Waals surface area contributed by atoms with Crippen LogP contribution in [0.4, 0.5) is 11.5 Å². The Kier molecular flexibility index (Phi) is 3.51. The number of pyridine rings is 1. The molecule has 1 fully saturated rings. The number of nitrogen functional groups attached to an aromatic ring is 1. The van der Waals surface area contributed by atoms with Crippen LogP contribution in [0.2, 0.25) is 0 Å². The summed E-state index contributed by atoms with van der Waals surface area (Å²) < 4.78 is 0.866. The number of piperidine rings is 1. The van der Waals surface area contributed by atoms with Crippen molar-refractivity contribution in [1.29, 1.82) is 0 Å². The first-order valence-corrected chi connectivity index (χ1v) is 6.32. The van der Waals surface area contributed by atoms with Gasteiger partial charge in [0.05, 0.1) is 5.69 Å². The molecule has 2 rings (SSSR count). The summed E-state index contributed by atoms with van der Waals surface area (Å²) in [5.74, 6) is 0.570. The summed E-state index contributed by atoms with van der Waals surface area (Å²) >= 11 is 3.33. The SMILES string of the molecule is NC(=O)C1CCN(c2ncc(Br)cc2N)CC1. The van der Waals surface area contributed by atoms with Crippen molar-refractivity contribution in [2.45, 2.75) is 12.8 Å². The third-order valence-corrected chi connectivity index (χ3v) is 3.49. The third-order valence-electron chi connectivity index (χ3n) is 3.06. The van der Waals surface area contributed by atoms with Crippen molar-refractivity contribution in [1.82, 2.24) is 4.98 Å². The number of hydrogen-bond donors (Lipinski definition) is 2. The first-order chi connectivity index (χ1) is 8.08. The van der Waals surface area contributed by atoms with Crippen molar-refractivity contribution >= 4 is 33.3 Å². The van der Waals surface area contributed by atoms with Crippen molar-refractivity contribution in [2.75, 3.05) is 23.7 Å². The number of anilines is 2. The van der Waals surface area contributed by atoms with Crippen LogP contribution in [-0.4, -0.2) is 24.0 Å². The van der Waals surface area contributed by atoms with E-state index in [1.54, 1.807) is 6.20 Å². The molecule has 1 aliphatic rings. The topological polar surface area (TPSA) is 85.2 Å². The van der Waals surface area contributed by atoms with Crippen LogP contribution in [0.25, 0.3) is 0 Å². The monoisotopic (exact) mass is 298 g/mol. The highest BCUT2D eigenvalue weighted by Crippen LogP contribution is 2.27. The van der Waals surface area contributed by atoms with Gasteiger partial charge >= 0.3 is 0 Å². The number of hydrogen-bond acceptors (Lipinski definition) is 4. The maximum absolute atomic E-state index is 11.1. The molecule has 1 aliphatic heterocycles. The van der Waals surface area contributed by atoms with Crippen LogP contribution in [0.1, 0.15) is 12.8 Å². The van der Waals surface area contributed by atoms with Gasteiger partial charge in [-0.3, -0.25) is 4.79 Å². The predicted molar refractivity (Wildman–Crippen MR) is 70.5 cm³/mol. The average Bonchev–Trinajstić information content (AvgIpc) is 2.29. The van der Waals surface area contributed by atoms with Crippen LogP contribution in [-0.2, 0) is 4.79 Å². The molecule has 0 saturated carbocycles. The van der Waals surface area contributed by atoms with E-state index >= 15 is 0 Å². The molecule has 0 radical (unpaired) electrons. The Morgan fingerprint density at radius 1 is 1.47 bits per heavy atom. The predicted octanol–water partition coefficient (Wildman–Crippen LogP) is 1.13. The minimum absolute atomic E-state index is 0.0112. The lowest BCUT2D eigenvalue weighted by Gasteiger charge is -2.32. The van der Waals surface area contributed by atoms with Gasteiger partial charge in [-0.25, -0.2) is 4.98 Å². The molecule has 1 saturated heterocycles. The molecule has 1 amide bonds. The van der Waals surface area contributed by atoms with E-state index in [4.69, 9.17) is 11.5 Å². The molecule has 6 heteroatoms. The van der Waals surface area contributed by atoms with Gasteiger partial charge in [-0.1, -0.05) is 0 Å².